The molecule has 1 heterocycles. The summed E-state index contributed by atoms with van der Waals surface area (Å²) in [5.41, 5.74) is 1.13. The van der Waals surface area contributed by atoms with Gasteiger partial charge in [0.2, 0.25) is 5.91 Å². The van der Waals surface area contributed by atoms with Crippen molar-refractivity contribution in [3.63, 3.8) is 0 Å². The third kappa shape index (κ3) is 5.07. The van der Waals surface area contributed by atoms with Gasteiger partial charge in [-0.15, -0.1) is 0 Å². The molecule has 0 aliphatic carbocycles. The first-order chi connectivity index (χ1) is 14.7. The maximum absolute atomic E-state index is 12.5. The molecule has 2 aromatic carbocycles. The number of carbonyl (C=O) groups excluding carboxylic acids is 3. The molecule has 1 aliphatic heterocycles. The second-order valence-corrected chi connectivity index (χ2v) is 8.23. The summed E-state index contributed by atoms with van der Waals surface area (Å²) >= 11 is 0. The van der Waals surface area contributed by atoms with Gasteiger partial charge in [0, 0.05) is 16.8 Å². The van der Waals surface area contributed by atoms with E-state index in [4.69, 9.17) is 0 Å². The zero-order valence-electron chi connectivity index (χ0n) is 16.7. The summed E-state index contributed by atoms with van der Waals surface area (Å²) in [5.74, 6) is -1.38. The Balaban J connectivity index is 1.65. The minimum atomic E-state index is -3.69. The number of fused-ring (bicyclic) bond motifs is 1. The van der Waals surface area contributed by atoms with Gasteiger partial charge in [0.05, 0.1) is 12.0 Å². The molecule has 10 nitrogen and oxygen atoms in total. The largest absolute Gasteiger partial charge is 0.468 e. The van der Waals surface area contributed by atoms with E-state index in [9.17, 15) is 22.8 Å². The summed E-state index contributed by atoms with van der Waals surface area (Å²) in [5, 5.41) is 5.07. The fourth-order valence-electron chi connectivity index (χ4n) is 2.76. The molecular formula is C20H20N4O6S. The van der Waals surface area contributed by atoms with Crippen molar-refractivity contribution in [2.45, 2.75) is 17.9 Å². The van der Waals surface area contributed by atoms with Gasteiger partial charge in [-0.3, -0.25) is 24.1 Å². The Bertz CT molecular complexity index is 1160. The van der Waals surface area contributed by atoms with Crippen LogP contribution in [0.2, 0.25) is 0 Å². The van der Waals surface area contributed by atoms with Crippen LogP contribution in [-0.2, 0) is 24.3 Å². The van der Waals surface area contributed by atoms with Gasteiger partial charge < -0.3 is 15.4 Å². The molecule has 31 heavy (non-hydrogen) atoms. The molecule has 3 N–H and O–H groups in total. The summed E-state index contributed by atoms with van der Waals surface area (Å²) in [7, 11) is -2.47. The van der Waals surface area contributed by atoms with Crippen LogP contribution in [0, 0.1) is 0 Å². The van der Waals surface area contributed by atoms with Crippen LogP contribution < -0.4 is 15.4 Å². The van der Waals surface area contributed by atoms with E-state index < -0.39 is 33.8 Å². The average Bonchev–Trinajstić information content (AvgIpc) is 3.02. The van der Waals surface area contributed by atoms with Crippen LogP contribution in [-0.4, -0.2) is 51.7 Å². The highest BCUT2D eigenvalue weighted by molar-refractivity contribution is 7.90. The zero-order valence-corrected chi connectivity index (χ0v) is 17.5. The van der Waals surface area contributed by atoms with Crippen LogP contribution in [0.1, 0.15) is 22.8 Å². The maximum Gasteiger partial charge on any atom is 0.325 e. The molecule has 0 saturated heterocycles. The molecule has 2 aromatic rings. The number of aliphatic imine (C=N–C) groups is 1. The van der Waals surface area contributed by atoms with Crippen molar-refractivity contribution in [1.82, 2.24) is 10.0 Å². The average molecular weight is 444 g/mol. The van der Waals surface area contributed by atoms with Crippen molar-refractivity contribution in [2.75, 3.05) is 19.0 Å². The van der Waals surface area contributed by atoms with E-state index in [1.54, 1.807) is 18.2 Å². The minimum absolute atomic E-state index is 0.107. The molecule has 2 amide bonds. The Labute approximate surface area is 178 Å². The van der Waals surface area contributed by atoms with Gasteiger partial charge >= 0.3 is 5.97 Å². The first-order valence-electron chi connectivity index (χ1n) is 9.17. The molecule has 0 spiro atoms. The van der Waals surface area contributed by atoms with Gasteiger partial charge in [0.25, 0.3) is 15.9 Å². The molecular weight excluding hydrogens is 424 g/mol. The van der Waals surface area contributed by atoms with Crippen molar-refractivity contribution < 1.29 is 27.5 Å². The van der Waals surface area contributed by atoms with Gasteiger partial charge in [0.1, 0.15) is 18.4 Å². The molecule has 0 fully saturated rings. The summed E-state index contributed by atoms with van der Waals surface area (Å²) < 4.78 is 31.1. The van der Waals surface area contributed by atoms with E-state index in [-0.39, 0.29) is 17.3 Å². The summed E-state index contributed by atoms with van der Waals surface area (Å²) in [6.45, 7) is 1.28. The highest BCUT2D eigenvalue weighted by Gasteiger charge is 2.31. The highest BCUT2D eigenvalue weighted by Crippen LogP contribution is 2.22. The number of anilines is 1. The number of esters is 1. The van der Waals surface area contributed by atoms with Gasteiger partial charge in [-0.2, -0.15) is 0 Å². The third-order valence-corrected chi connectivity index (χ3v) is 5.80. The number of hydrogen-bond donors (Lipinski definition) is 3. The van der Waals surface area contributed by atoms with Crippen molar-refractivity contribution in [3.8, 4) is 0 Å². The summed E-state index contributed by atoms with van der Waals surface area (Å²) in [6.07, 6.45) is 0. The molecule has 0 aromatic heterocycles. The number of rotatable bonds is 6. The number of nitrogens with one attached hydrogen (secondary N) is 3. The molecule has 0 bridgehead atoms. The van der Waals surface area contributed by atoms with Crippen molar-refractivity contribution in [3.05, 3.63) is 59.7 Å². The Morgan fingerprint density at radius 1 is 1.10 bits per heavy atom. The Morgan fingerprint density at radius 3 is 2.45 bits per heavy atom. The topological polar surface area (TPSA) is 143 Å². The standard InChI is InChI=1S/C20H20N4O6S/c1-12(22-18-15-5-3-4-6-16(15)31(28,29)24-18)19(26)23-14-9-7-13(8-10-14)20(27)21-11-17(25)30-2/h3-10,12H,11H2,1-2H3,(H,21,27)(H,22,24)(H,23,26)/t12-/m0/s1. The van der Waals surface area contributed by atoms with E-state index in [0.29, 0.717) is 16.8 Å². The number of amidine groups is 1. The number of benzene rings is 2. The van der Waals surface area contributed by atoms with Crippen molar-refractivity contribution in [2.24, 2.45) is 4.99 Å². The third-order valence-electron chi connectivity index (χ3n) is 4.40. The number of amides is 2. The monoisotopic (exact) mass is 444 g/mol. The van der Waals surface area contributed by atoms with Crippen molar-refractivity contribution >= 4 is 39.3 Å². The normalized spacial score (nSPS) is 16.0. The van der Waals surface area contributed by atoms with E-state index in [1.165, 1.54) is 44.4 Å². The lowest BCUT2D eigenvalue weighted by Crippen LogP contribution is -2.30. The van der Waals surface area contributed by atoms with Crippen LogP contribution in [0.5, 0.6) is 0 Å². The van der Waals surface area contributed by atoms with Crippen LogP contribution in [0.15, 0.2) is 58.4 Å². The predicted molar refractivity (Wildman–Crippen MR) is 112 cm³/mol. The van der Waals surface area contributed by atoms with E-state index in [2.05, 4.69) is 25.1 Å². The zero-order chi connectivity index (χ0) is 22.6. The van der Waals surface area contributed by atoms with Crippen LogP contribution in [0.3, 0.4) is 0 Å². The van der Waals surface area contributed by atoms with E-state index >= 15 is 0 Å². The lowest BCUT2D eigenvalue weighted by atomic mass is 10.2. The first kappa shape index (κ1) is 22.0. The van der Waals surface area contributed by atoms with E-state index in [0.717, 1.165) is 0 Å². The molecule has 0 unspecified atom stereocenters. The van der Waals surface area contributed by atoms with Gasteiger partial charge in [-0.05, 0) is 43.3 Å². The lowest BCUT2D eigenvalue weighted by Gasteiger charge is -2.10. The first-order valence-corrected chi connectivity index (χ1v) is 10.7. The summed E-state index contributed by atoms with van der Waals surface area (Å²) in [4.78, 5) is 39.9. The van der Waals surface area contributed by atoms with Crippen LogP contribution in [0.4, 0.5) is 5.69 Å². The highest BCUT2D eigenvalue weighted by atomic mass is 32.2. The number of nitrogens with zero attached hydrogens (tertiary/aromatic N) is 1. The predicted octanol–water partition coefficient (Wildman–Crippen LogP) is 0.655. The fraction of sp³-hybridized carbons (Fsp3) is 0.200. The molecule has 1 aliphatic rings. The number of ether oxygens (including phenoxy) is 1. The number of hydrogen-bond acceptors (Lipinski definition) is 7. The molecule has 11 heteroatoms. The molecule has 0 saturated carbocycles. The Morgan fingerprint density at radius 2 is 1.77 bits per heavy atom. The quantitative estimate of drug-likeness (QED) is 0.559. The second kappa shape index (κ2) is 8.96. The van der Waals surface area contributed by atoms with Gasteiger partial charge in [-0.25, -0.2) is 8.42 Å². The molecule has 162 valence electrons. The lowest BCUT2D eigenvalue weighted by molar-refractivity contribution is -0.139. The van der Waals surface area contributed by atoms with Crippen LogP contribution >= 0.6 is 0 Å². The van der Waals surface area contributed by atoms with E-state index in [1.807, 2.05) is 0 Å². The smallest absolute Gasteiger partial charge is 0.325 e. The van der Waals surface area contributed by atoms with Crippen molar-refractivity contribution in [1.29, 1.82) is 0 Å². The fourth-order valence-corrected chi connectivity index (χ4v) is 4.00. The maximum atomic E-state index is 12.5. The summed E-state index contributed by atoms with van der Waals surface area (Å²) in [6, 6.07) is 11.5. The van der Waals surface area contributed by atoms with Gasteiger partial charge in [0.15, 0.2) is 0 Å². The second-order valence-electron chi connectivity index (χ2n) is 6.58. The Hall–Kier alpha value is -3.73. The number of sulfonamides is 1. The number of carbonyl (C=O) groups is 3. The Kier molecular flexibility index (Phi) is 6.35. The number of methoxy groups -OCH3 is 1. The van der Waals surface area contributed by atoms with Gasteiger partial charge in [-0.1, -0.05) is 12.1 Å². The molecule has 1 atom stereocenters. The van der Waals surface area contributed by atoms with Crippen LogP contribution in [0.25, 0.3) is 0 Å². The molecule has 0 radical (unpaired) electrons. The molecule has 3 rings (SSSR count). The minimum Gasteiger partial charge on any atom is -0.468 e. The SMILES string of the molecule is COC(=O)CNC(=O)c1ccc(NC(=O)[C@H](C)N=C2NS(=O)(=O)c3ccccc32)cc1.